The van der Waals surface area contributed by atoms with E-state index < -0.39 is 0 Å². The van der Waals surface area contributed by atoms with E-state index in [0.29, 0.717) is 0 Å². The highest BCUT2D eigenvalue weighted by Crippen LogP contribution is 2.51. The van der Waals surface area contributed by atoms with Crippen molar-refractivity contribution < 1.29 is 0 Å². The van der Waals surface area contributed by atoms with Crippen molar-refractivity contribution in [2.45, 2.75) is 30.7 Å². The van der Waals surface area contributed by atoms with Gasteiger partial charge in [-0.2, -0.15) is 0 Å². The molecule has 2 aromatic rings. The minimum absolute atomic E-state index is 0.0574. The molecule has 1 aromatic carbocycles. The first-order chi connectivity index (χ1) is 9.67. The Kier molecular flexibility index (Phi) is 3.48. The Balaban J connectivity index is 2.03. The van der Waals surface area contributed by atoms with E-state index in [1.165, 1.54) is 12.0 Å². The van der Waals surface area contributed by atoms with E-state index in [1.54, 1.807) is 4.68 Å². The Labute approximate surface area is 123 Å². The van der Waals surface area contributed by atoms with Crippen molar-refractivity contribution in [2.75, 3.05) is 7.05 Å². The van der Waals surface area contributed by atoms with Gasteiger partial charge in [0.15, 0.2) is 5.82 Å². The molecule has 1 aromatic heterocycles. The zero-order chi connectivity index (χ0) is 14.2. The molecule has 1 unspecified atom stereocenters. The van der Waals surface area contributed by atoms with Crippen LogP contribution < -0.4 is 5.32 Å². The molecule has 0 radical (unpaired) electrons. The monoisotopic (exact) mass is 291 g/mol. The number of nitrogens with zero attached hydrogens (tertiary/aromatic N) is 4. The molecule has 0 saturated heterocycles. The van der Waals surface area contributed by atoms with Crippen LogP contribution in [0.25, 0.3) is 0 Å². The van der Waals surface area contributed by atoms with Gasteiger partial charge in [0.25, 0.3) is 0 Å². The van der Waals surface area contributed by atoms with Gasteiger partial charge in [0.1, 0.15) is 0 Å². The fourth-order valence-corrected chi connectivity index (χ4v) is 3.34. The summed E-state index contributed by atoms with van der Waals surface area (Å²) in [6.45, 7) is 0. The Bertz CT molecular complexity index is 588. The zero-order valence-corrected chi connectivity index (χ0v) is 12.4. The molecule has 0 spiro atoms. The molecule has 0 amide bonds. The third kappa shape index (κ3) is 2.01. The lowest BCUT2D eigenvalue weighted by Crippen LogP contribution is -2.46. The van der Waals surface area contributed by atoms with Crippen LogP contribution in [-0.2, 0) is 12.5 Å². The maximum Gasteiger partial charge on any atom is 0.168 e. The van der Waals surface area contributed by atoms with Crippen LogP contribution in [0.2, 0.25) is 5.02 Å². The molecular weight excluding hydrogens is 274 g/mol. The average Bonchev–Trinajstić information content (AvgIpc) is 2.81. The molecule has 1 atom stereocenters. The van der Waals surface area contributed by atoms with Gasteiger partial charge >= 0.3 is 0 Å². The van der Waals surface area contributed by atoms with Crippen LogP contribution in [0.1, 0.15) is 36.7 Å². The van der Waals surface area contributed by atoms with Gasteiger partial charge in [-0.05, 0) is 48.0 Å². The van der Waals surface area contributed by atoms with Gasteiger partial charge in [-0.15, -0.1) is 5.10 Å². The molecule has 20 heavy (non-hydrogen) atoms. The molecule has 106 valence electrons. The summed E-state index contributed by atoms with van der Waals surface area (Å²) >= 11 is 6.01. The SMILES string of the molecule is CNC(c1nnnn1C)C1(c2ccc(Cl)cc2)CCC1. The summed E-state index contributed by atoms with van der Waals surface area (Å²) in [5, 5.41) is 16.1. The summed E-state index contributed by atoms with van der Waals surface area (Å²) in [6.07, 6.45) is 3.49. The Morgan fingerprint density at radius 1 is 1.30 bits per heavy atom. The van der Waals surface area contributed by atoms with Gasteiger partial charge in [0, 0.05) is 17.5 Å². The predicted molar refractivity (Wildman–Crippen MR) is 77.6 cm³/mol. The number of halogens is 1. The van der Waals surface area contributed by atoms with E-state index in [4.69, 9.17) is 11.6 Å². The van der Waals surface area contributed by atoms with Gasteiger partial charge in [0.2, 0.25) is 0 Å². The Hall–Kier alpha value is -1.46. The fraction of sp³-hybridized carbons (Fsp3) is 0.500. The first-order valence-corrected chi connectivity index (χ1v) is 7.21. The van der Waals surface area contributed by atoms with E-state index in [1.807, 2.05) is 26.2 Å². The minimum Gasteiger partial charge on any atom is -0.310 e. The summed E-state index contributed by atoms with van der Waals surface area (Å²) in [4.78, 5) is 0. The van der Waals surface area contributed by atoms with E-state index in [0.717, 1.165) is 23.7 Å². The van der Waals surface area contributed by atoms with Crippen LogP contribution >= 0.6 is 11.6 Å². The first kappa shape index (κ1) is 13.5. The maximum atomic E-state index is 6.01. The standard InChI is InChI=1S/C14H18ClN5/c1-16-12(13-17-18-19-20(13)2)14(8-3-9-14)10-4-6-11(15)7-5-10/h4-7,12,16H,3,8-9H2,1-2H3. The van der Waals surface area contributed by atoms with Crippen LogP contribution in [0.3, 0.4) is 0 Å². The smallest absolute Gasteiger partial charge is 0.168 e. The second-order valence-corrected chi connectivity index (χ2v) is 5.84. The number of likely N-dealkylation sites (N-methyl/N-ethyl adjacent to an activating group) is 1. The second-order valence-electron chi connectivity index (χ2n) is 5.40. The summed E-state index contributed by atoms with van der Waals surface area (Å²) in [6, 6.07) is 8.26. The van der Waals surface area contributed by atoms with Crippen LogP contribution in [-0.4, -0.2) is 27.3 Å². The Morgan fingerprint density at radius 2 is 2.00 bits per heavy atom. The maximum absolute atomic E-state index is 6.01. The summed E-state index contributed by atoms with van der Waals surface area (Å²) in [5.74, 6) is 0.877. The van der Waals surface area contributed by atoms with E-state index in [-0.39, 0.29) is 11.5 Å². The molecule has 1 aliphatic rings. The molecule has 0 aliphatic heterocycles. The summed E-state index contributed by atoms with van der Waals surface area (Å²) in [5.41, 5.74) is 1.36. The third-order valence-electron chi connectivity index (χ3n) is 4.42. The predicted octanol–water partition coefficient (Wildman–Crippen LogP) is 2.25. The van der Waals surface area contributed by atoms with Crippen LogP contribution in [0, 0.1) is 0 Å². The molecule has 1 N–H and O–H groups in total. The van der Waals surface area contributed by atoms with Gasteiger partial charge in [-0.1, -0.05) is 30.2 Å². The van der Waals surface area contributed by atoms with Crippen LogP contribution in [0.5, 0.6) is 0 Å². The van der Waals surface area contributed by atoms with Crippen molar-refractivity contribution in [2.24, 2.45) is 7.05 Å². The van der Waals surface area contributed by atoms with Gasteiger partial charge in [0.05, 0.1) is 6.04 Å². The van der Waals surface area contributed by atoms with Crippen LogP contribution in [0.15, 0.2) is 24.3 Å². The number of nitrogens with one attached hydrogen (secondary N) is 1. The zero-order valence-electron chi connectivity index (χ0n) is 11.7. The van der Waals surface area contributed by atoms with Crippen molar-refractivity contribution in [3.63, 3.8) is 0 Å². The lowest BCUT2D eigenvalue weighted by Gasteiger charge is -2.47. The van der Waals surface area contributed by atoms with Crippen molar-refractivity contribution in [1.82, 2.24) is 25.5 Å². The number of aromatic nitrogens is 4. The number of rotatable bonds is 4. The molecule has 6 heteroatoms. The van der Waals surface area contributed by atoms with Crippen molar-refractivity contribution in [3.8, 4) is 0 Å². The molecular formula is C14H18ClN5. The van der Waals surface area contributed by atoms with Gasteiger partial charge < -0.3 is 5.32 Å². The first-order valence-electron chi connectivity index (χ1n) is 6.83. The van der Waals surface area contributed by atoms with E-state index in [9.17, 15) is 0 Å². The quantitative estimate of drug-likeness (QED) is 0.939. The van der Waals surface area contributed by atoms with Gasteiger partial charge in [-0.3, -0.25) is 0 Å². The fourth-order valence-electron chi connectivity index (χ4n) is 3.22. The number of tetrazole rings is 1. The molecule has 0 bridgehead atoms. The summed E-state index contributed by atoms with van der Waals surface area (Å²) < 4.78 is 1.75. The molecule has 1 aliphatic carbocycles. The number of hydrogen-bond donors (Lipinski definition) is 1. The molecule has 1 heterocycles. The van der Waals surface area contributed by atoms with E-state index in [2.05, 4.69) is 33.0 Å². The van der Waals surface area contributed by atoms with Crippen molar-refractivity contribution >= 4 is 11.6 Å². The topological polar surface area (TPSA) is 55.6 Å². The highest BCUT2D eigenvalue weighted by Gasteiger charge is 2.47. The van der Waals surface area contributed by atoms with Crippen molar-refractivity contribution in [3.05, 3.63) is 40.7 Å². The molecule has 5 nitrogen and oxygen atoms in total. The number of benzene rings is 1. The molecule has 3 rings (SSSR count). The normalized spacial score (nSPS) is 18.6. The lowest BCUT2D eigenvalue weighted by molar-refractivity contribution is 0.167. The number of aryl methyl sites for hydroxylation is 1. The average molecular weight is 292 g/mol. The third-order valence-corrected chi connectivity index (χ3v) is 4.67. The minimum atomic E-state index is 0.0574. The Morgan fingerprint density at radius 3 is 2.45 bits per heavy atom. The lowest BCUT2D eigenvalue weighted by atomic mass is 9.60. The molecule has 1 saturated carbocycles. The van der Waals surface area contributed by atoms with Gasteiger partial charge in [-0.25, -0.2) is 4.68 Å². The molecule has 1 fully saturated rings. The second kappa shape index (κ2) is 5.14. The largest absolute Gasteiger partial charge is 0.310 e. The van der Waals surface area contributed by atoms with Crippen molar-refractivity contribution in [1.29, 1.82) is 0 Å². The highest BCUT2D eigenvalue weighted by atomic mass is 35.5. The van der Waals surface area contributed by atoms with E-state index >= 15 is 0 Å². The highest BCUT2D eigenvalue weighted by molar-refractivity contribution is 6.30. The summed E-state index contributed by atoms with van der Waals surface area (Å²) in [7, 11) is 3.85. The number of hydrogen-bond acceptors (Lipinski definition) is 4. The van der Waals surface area contributed by atoms with Crippen LogP contribution in [0.4, 0.5) is 0 Å².